The Labute approximate surface area is 264 Å². The number of rotatable bonds is 16. The second-order valence-electron chi connectivity index (χ2n) is 11.4. The van der Waals surface area contributed by atoms with Gasteiger partial charge >= 0.3 is 5.97 Å². The molecule has 2 heterocycles. The number of benzene rings is 1. The number of hydrogen-bond acceptors (Lipinski definition) is 10. The molecule has 1 atom stereocenters. The highest BCUT2D eigenvalue weighted by atomic mass is 32.2. The maximum absolute atomic E-state index is 12.2. The van der Waals surface area contributed by atoms with Crippen LogP contribution in [0.15, 0.2) is 64.3 Å². The summed E-state index contributed by atoms with van der Waals surface area (Å²) in [6.45, 7) is 13.6. The van der Waals surface area contributed by atoms with Crippen LogP contribution in [0.2, 0.25) is 0 Å². The molecule has 0 bridgehead atoms. The highest BCUT2D eigenvalue weighted by Gasteiger charge is 2.44. The summed E-state index contributed by atoms with van der Waals surface area (Å²) in [7, 11) is -4.09. The lowest BCUT2D eigenvalue weighted by atomic mass is 9.78. The second kappa shape index (κ2) is 15.5. The minimum Gasteiger partial charge on any atom is -0.466 e. The number of fused-ring (bicyclic) bond motifs is 1. The fraction of sp³-hybridized carbons (Fsp3) is 0.516. The van der Waals surface area contributed by atoms with E-state index in [0.717, 1.165) is 58.3 Å². The molecule has 2 aliphatic rings. The smallest absolute Gasteiger partial charge is 0.305 e. The normalized spacial score (nSPS) is 20.8. The van der Waals surface area contributed by atoms with Gasteiger partial charge in [0.2, 0.25) is 5.69 Å². The average Bonchev–Trinajstić information content (AvgIpc) is 3.31. The monoisotopic (exact) mass is 650 g/mol. The van der Waals surface area contributed by atoms with E-state index in [2.05, 4.69) is 45.9 Å². The third-order valence-electron chi connectivity index (χ3n) is 8.02. The molecule has 2 N–H and O–H groups in total. The Morgan fingerprint density at radius 3 is 2.59 bits per heavy atom. The number of esters is 1. The van der Waals surface area contributed by atoms with Crippen molar-refractivity contribution in [2.45, 2.75) is 77.5 Å². The van der Waals surface area contributed by atoms with Crippen molar-refractivity contribution in [1.29, 1.82) is 0 Å². The number of carbonyl (C=O) groups excluding carboxylic acids is 1. The van der Waals surface area contributed by atoms with Crippen LogP contribution in [0.1, 0.15) is 72.8 Å². The van der Waals surface area contributed by atoms with Crippen LogP contribution >= 0.6 is 12.0 Å². The summed E-state index contributed by atoms with van der Waals surface area (Å²) in [5, 5.41) is 18.8. The molecule has 1 unspecified atom stereocenters. The first-order valence-corrected chi connectivity index (χ1v) is 17.1. The van der Waals surface area contributed by atoms with Crippen LogP contribution < -0.4 is 0 Å². The summed E-state index contributed by atoms with van der Waals surface area (Å²) < 4.78 is 43.9. The number of hydrogen-bond donors (Lipinski definition) is 2. The molecular weight excluding hydrogens is 606 g/mol. The third-order valence-corrected chi connectivity index (χ3v) is 9.40. The van der Waals surface area contributed by atoms with Gasteiger partial charge in [0.25, 0.3) is 10.1 Å². The van der Waals surface area contributed by atoms with Crippen LogP contribution in [0.25, 0.3) is 0 Å². The molecule has 0 saturated heterocycles. The Morgan fingerprint density at radius 2 is 1.93 bits per heavy atom. The SMILES string of the molecule is CCC[N+]1=C(/C=C/C=C/C=C2\N(CCCS(=O)(=O)O)N=C(C)C2(C)CCC(=O)OCC)C(C)(C)c2cc(SOOO)ccc21. The minimum absolute atomic E-state index is 0.200. The van der Waals surface area contributed by atoms with Gasteiger partial charge in [-0.2, -0.15) is 18.1 Å². The molecule has 44 heavy (non-hydrogen) atoms. The molecule has 0 saturated carbocycles. The van der Waals surface area contributed by atoms with Gasteiger partial charge in [-0.1, -0.05) is 30.2 Å². The highest BCUT2D eigenvalue weighted by molar-refractivity contribution is 7.94. The van der Waals surface area contributed by atoms with Crippen molar-refractivity contribution >= 4 is 45.2 Å². The van der Waals surface area contributed by atoms with Gasteiger partial charge in [-0.25, -0.2) is 5.26 Å². The van der Waals surface area contributed by atoms with E-state index >= 15 is 0 Å². The number of nitrogens with zero attached hydrogens (tertiary/aromatic N) is 3. The van der Waals surface area contributed by atoms with Crippen LogP contribution in [0, 0.1) is 5.41 Å². The van der Waals surface area contributed by atoms with E-state index in [1.807, 2.05) is 56.4 Å². The van der Waals surface area contributed by atoms with Gasteiger partial charge in [-0.05, 0) is 65.7 Å². The van der Waals surface area contributed by atoms with Gasteiger partial charge in [0.15, 0.2) is 5.71 Å². The van der Waals surface area contributed by atoms with E-state index in [-0.39, 0.29) is 30.0 Å². The van der Waals surface area contributed by atoms with Crippen LogP contribution in [0.3, 0.4) is 0 Å². The van der Waals surface area contributed by atoms with Gasteiger partial charge < -0.3 is 4.74 Å². The van der Waals surface area contributed by atoms with Crippen molar-refractivity contribution in [2.75, 3.05) is 25.4 Å². The molecule has 3 rings (SSSR count). The maximum Gasteiger partial charge on any atom is 0.305 e. The van der Waals surface area contributed by atoms with E-state index in [1.165, 1.54) is 0 Å². The molecule has 13 heteroatoms. The molecule has 0 amide bonds. The molecule has 0 aromatic heterocycles. The lowest BCUT2D eigenvalue weighted by Gasteiger charge is -2.29. The van der Waals surface area contributed by atoms with E-state index in [4.69, 9.17) is 9.99 Å². The highest BCUT2D eigenvalue weighted by Crippen LogP contribution is 2.43. The number of allylic oxidation sites excluding steroid dienone is 6. The summed E-state index contributed by atoms with van der Waals surface area (Å²) in [5.41, 5.74) is 4.20. The third kappa shape index (κ3) is 8.67. The minimum atomic E-state index is -4.09. The zero-order valence-corrected chi connectivity index (χ0v) is 27.9. The quantitative estimate of drug-likeness (QED) is 0.0404. The molecule has 0 radical (unpaired) electrons. The molecule has 242 valence electrons. The lowest BCUT2D eigenvalue weighted by molar-refractivity contribution is -0.437. The Morgan fingerprint density at radius 1 is 1.18 bits per heavy atom. The molecule has 0 aliphatic carbocycles. The first kappa shape index (κ1) is 35.7. The summed E-state index contributed by atoms with van der Waals surface area (Å²) in [6.07, 6.45) is 11.8. The predicted molar refractivity (Wildman–Crippen MR) is 171 cm³/mol. The van der Waals surface area contributed by atoms with Gasteiger partial charge in [0.05, 0.1) is 29.8 Å². The van der Waals surface area contributed by atoms with Crippen molar-refractivity contribution in [3.8, 4) is 0 Å². The van der Waals surface area contributed by atoms with Gasteiger partial charge in [-0.3, -0.25) is 14.4 Å². The largest absolute Gasteiger partial charge is 0.466 e. The molecule has 2 aliphatic heterocycles. The fourth-order valence-electron chi connectivity index (χ4n) is 5.63. The molecular formula is C31H44N3O8S2+. The summed E-state index contributed by atoms with van der Waals surface area (Å²) >= 11 is 0.936. The molecule has 0 fully saturated rings. The average molecular weight is 651 g/mol. The van der Waals surface area contributed by atoms with Gasteiger partial charge in [0.1, 0.15) is 6.54 Å². The standard InChI is InChI=1S/C31H43N3O8S2/c1-7-19-33-26-16-15-24(43-42-41-36)22-25(26)30(4,5)27(33)13-10-9-11-14-28-31(6,18-17-29(35)40-8-2)23(3)32-34(28)20-12-21-44(37,38)39/h9-11,13-16,22H,7-8,12,17-21H2,1-6H3,(H-,36,37,38,39)/p+1. The molecule has 0 spiro atoms. The van der Waals surface area contributed by atoms with Crippen molar-refractivity contribution < 1.29 is 41.7 Å². The first-order chi connectivity index (χ1) is 20.8. The topological polar surface area (TPSA) is 138 Å². The van der Waals surface area contributed by atoms with E-state index in [9.17, 15) is 17.8 Å². The van der Waals surface area contributed by atoms with Gasteiger partial charge in [0, 0.05) is 58.8 Å². The second-order valence-corrected chi connectivity index (χ2v) is 13.8. The first-order valence-electron chi connectivity index (χ1n) is 14.7. The van der Waals surface area contributed by atoms with Crippen LogP contribution in [0.5, 0.6) is 0 Å². The molecule has 1 aromatic carbocycles. The Balaban J connectivity index is 1.88. The van der Waals surface area contributed by atoms with E-state index < -0.39 is 15.5 Å². The zero-order valence-electron chi connectivity index (χ0n) is 26.3. The van der Waals surface area contributed by atoms with E-state index in [0.29, 0.717) is 19.6 Å². The summed E-state index contributed by atoms with van der Waals surface area (Å²) in [6, 6.07) is 6.01. The Kier molecular flexibility index (Phi) is 12.5. The van der Waals surface area contributed by atoms with Crippen molar-refractivity contribution in [2.24, 2.45) is 10.5 Å². The zero-order chi connectivity index (χ0) is 32.5. The maximum atomic E-state index is 12.2. The molecule has 1 aromatic rings. The predicted octanol–water partition coefficient (Wildman–Crippen LogP) is 6.22. The van der Waals surface area contributed by atoms with E-state index in [1.54, 1.807) is 11.9 Å². The van der Waals surface area contributed by atoms with Crippen molar-refractivity contribution in [3.05, 3.63) is 59.8 Å². The van der Waals surface area contributed by atoms with Crippen LogP contribution in [0.4, 0.5) is 5.69 Å². The Hall–Kier alpha value is -2.81. The Bertz CT molecular complexity index is 1460. The van der Waals surface area contributed by atoms with Crippen LogP contribution in [-0.2, 0) is 34.4 Å². The summed E-state index contributed by atoms with van der Waals surface area (Å²) in [4.78, 5) is 13.0. The molecule has 11 nitrogen and oxygen atoms in total. The van der Waals surface area contributed by atoms with Crippen molar-refractivity contribution in [3.63, 3.8) is 0 Å². The number of carbonyl (C=O) groups is 1. The van der Waals surface area contributed by atoms with Crippen molar-refractivity contribution in [1.82, 2.24) is 5.01 Å². The number of hydrazone groups is 1. The fourth-order valence-corrected chi connectivity index (χ4v) is 6.52. The number of ether oxygens (including phenoxy) is 1. The summed E-state index contributed by atoms with van der Waals surface area (Å²) in [5.74, 6) is -0.644. The lowest BCUT2D eigenvalue weighted by Crippen LogP contribution is -2.29. The van der Waals surface area contributed by atoms with Gasteiger partial charge in [-0.15, -0.1) is 4.33 Å². The van der Waals surface area contributed by atoms with Crippen LogP contribution in [-0.4, -0.2) is 70.7 Å².